The van der Waals surface area contributed by atoms with Crippen LogP contribution in [0.2, 0.25) is 0 Å². The van der Waals surface area contributed by atoms with Crippen molar-refractivity contribution in [3.63, 3.8) is 0 Å². The Kier molecular flexibility index (Phi) is 4.50. The second-order valence-electron chi connectivity index (χ2n) is 6.57. The van der Waals surface area contributed by atoms with E-state index in [-0.39, 0.29) is 12.0 Å². The summed E-state index contributed by atoms with van der Waals surface area (Å²) in [7, 11) is 4.08. The average molecular weight is 318 g/mol. The number of rotatable bonds is 4. The van der Waals surface area contributed by atoms with Crippen LogP contribution in [-0.2, 0) is 13.5 Å². The standard InChI is InChI=1S/C16H26N6O/c1-10(8-13-11(2)19-22(5)12(13)3)16-18-15(20-23-16)14-9-17-6-7-21(14)4/h10,14,17H,6-9H2,1-5H3. The number of hydrogen-bond acceptors (Lipinski definition) is 6. The summed E-state index contributed by atoms with van der Waals surface area (Å²) in [5.74, 6) is 1.67. The lowest BCUT2D eigenvalue weighted by molar-refractivity contribution is 0.190. The van der Waals surface area contributed by atoms with Crippen LogP contribution in [0, 0.1) is 13.8 Å². The van der Waals surface area contributed by atoms with Crippen LogP contribution in [0.4, 0.5) is 0 Å². The van der Waals surface area contributed by atoms with Gasteiger partial charge in [0.15, 0.2) is 5.82 Å². The predicted molar refractivity (Wildman–Crippen MR) is 87.3 cm³/mol. The molecule has 7 nitrogen and oxygen atoms in total. The van der Waals surface area contributed by atoms with Crippen molar-refractivity contribution in [1.29, 1.82) is 0 Å². The monoisotopic (exact) mass is 318 g/mol. The summed E-state index contributed by atoms with van der Waals surface area (Å²) in [6.45, 7) is 9.16. The van der Waals surface area contributed by atoms with Gasteiger partial charge in [-0.3, -0.25) is 9.58 Å². The van der Waals surface area contributed by atoms with Crippen LogP contribution in [0.3, 0.4) is 0 Å². The molecule has 1 saturated heterocycles. The van der Waals surface area contributed by atoms with Gasteiger partial charge in [0, 0.05) is 38.3 Å². The first kappa shape index (κ1) is 16.1. The Labute approximate surface area is 137 Å². The first-order valence-corrected chi connectivity index (χ1v) is 8.21. The van der Waals surface area contributed by atoms with Gasteiger partial charge in [-0.25, -0.2) is 0 Å². The summed E-state index contributed by atoms with van der Waals surface area (Å²) in [6, 6.07) is 0.190. The summed E-state index contributed by atoms with van der Waals surface area (Å²) in [4.78, 5) is 6.93. The normalized spacial score (nSPS) is 20.8. The molecule has 2 atom stereocenters. The van der Waals surface area contributed by atoms with Gasteiger partial charge in [0.2, 0.25) is 5.89 Å². The maximum Gasteiger partial charge on any atom is 0.229 e. The maximum absolute atomic E-state index is 5.54. The zero-order valence-electron chi connectivity index (χ0n) is 14.6. The van der Waals surface area contributed by atoms with Crippen LogP contribution < -0.4 is 5.32 Å². The molecule has 0 aliphatic carbocycles. The number of aryl methyl sites for hydroxylation is 2. The first-order chi connectivity index (χ1) is 11.0. The van der Waals surface area contributed by atoms with Crippen molar-refractivity contribution >= 4 is 0 Å². The van der Waals surface area contributed by atoms with E-state index in [1.54, 1.807) is 0 Å². The summed E-state index contributed by atoms with van der Waals surface area (Å²) in [5, 5.41) is 12.1. The third-order valence-electron chi connectivity index (χ3n) is 4.86. The van der Waals surface area contributed by atoms with E-state index in [9.17, 15) is 0 Å². The van der Waals surface area contributed by atoms with E-state index in [4.69, 9.17) is 4.52 Å². The SMILES string of the molecule is Cc1nn(C)c(C)c1CC(C)c1nc(C2CNCCN2C)no1. The van der Waals surface area contributed by atoms with E-state index in [0.717, 1.165) is 37.6 Å². The summed E-state index contributed by atoms with van der Waals surface area (Å²) in [6.07, 6.45) is 0.867. The molecular formula is C16H26N6O. The minimum Gasteiger partial charge on any atom is -0.339 e. The number of piperazine rings is 1. The molecule has 2 aromatic heterocycles. The van der Waals surface area contributed by atoms with Crippen LogP contribution in [0.1, 0.15) is 47.5 Å². The predicted octanol–water partition coefficient (Wildman–Crippen LogP) is 1.34. The molecule has 0 bridgehead atoms. The molecule has 1 N–H and O–H groups in total. The lowest BCUT2D eigenvalue weighted by Crippen LogP contribution is -2.44. The molecule has 0 radical (unpaired) electrons. The second kappa shape index (κ2) is 6.41. The topological polar surface area (TPSA) is 72.0 Å². The van der Waals surface area contributed by atoms with E-state index in [1.807, 2.05) is 11.7 Å². The molecular weight excluding hydrogens is 292 g/mol. The van der Waals surface area contributed by atoms with Crippen molar-refractivity contribution in [1.82, 2.24) is 30.1 Å². The molecule has 0 saturated carbocycles. The van der Waals surface area contributed by atoms with Crippen LogP contribution in [-0.4, -0.2) is 51.5 Å². The minimum absolute atomic E-state index is 0.180. The third-order valence-corrected chi connectivity index (χ3v) is 4.86. The van der Waals surface area contributed by atoms with Crippen molar-refractivity contribution in [3.8, 4) is 0 Å². The molecule has 1 aliphatic heterocycles. The molecule has 23 heavy (non-hydrogen) atoms. The van der Waals surface area contributed by atoms with Crippen molar-refractivity contribution in [2.75, 3.05) is 26.7 Å². The quantitative estimate of drug-likeness (QED) is 0.917. The number of likely N-dealkylation sites (N-methyl/N-ethyl adjacent to an activating group) is 1. The van der Waals surface area contributed by atoms with Crippen LogP contribution >= 0.6 is 0 Å². The lowest BCUT2D eigenvalue weighted by atomic mass is 9.99. The Bertz CT molecular complexity index is 676. The summed E-state index contributed by atoms with van der Waals surface area (Å²) >= 11 is 0. The smallest absolute Gasteiger partial charge is 0.229 e. The molecule has 1 aliphatic rings. The summed E-state index contributed by atoms with van der Waals surface area (Å²) in [5.41, 5.74) is 3.55. The van der Waals surface area contributed by atoms with Crippen molar-refractivity contribution in [2.45, 2.75) is 39.2 Å². The van der Waals surface area contributed by atoms with Crippen LogP contribution in [0.15, 0.2) is 4.52 Å². The molecule has 0 aromatic carbocycles. The highest BCUT2D eigenvalue weighted by Crippen LogP contribution is 2.25. The van der Waals surface area contributed by atoms with E-state index in [1.165, 1.54) is 11.3 Å². The van der Waals surface area contributed by atoms with E-state index >= 15 is 0 Å². The Morgan fingerprint density at radius 2 is 2.13 bits per heavy atom. The zero-order chi connectivity index (χ0) is 16.6. The van der Waals surface area contributed by atoms with Gasteiger partial charge in [0.25, 0.3) is 0 Å². The number of nitrogens with zero attached hydrogens (tertiary/aromatic N) is 5. The van der Waals surface area contributed by atoms with E-state index in [0.29, 0.717) is 5.89 Å². The average Bonchev–Trinajstić information content (AvgIpc) is 3.09. The number of aromatic nitrogens is 4. The minimum atomic E-state index is 0.180. The van der Waals surface area contributed by atoms with Crippen LogP contribution in [0.25, 0.3) is 0 Å². The van der Waals surface area contributed by atoms with Crippen molar-refractivity contribution in [2.24, 2.45) is 7.05 Å². The van der Waals surface area contributed by atoms with Crippen LogP contribution in [0.5, 0.6) is 0 Å². The summed E-state index contributed by atoms with van der Waals surface area (Å²) < 4.78 is 7.47. The van der Waals surface area contributed by atoms with E-state index < -0.39 is 0 Å². The lowest BCUT2D eigenvalue weighted by Gasteiger charge is -2.30. The fraction of sp³-hybridized carbons (Fsp3) is 0.688. The van der Waals surface area contributed by atoms with Gasteiger partial charge in [-0.15, -0.1) is 0 Å². The van der Waals surface area contributed by atoms with Gasteiger partial charge in [-0.05, 0) is 32.9 Å². The highest BCUT2D eigenvalue weighted by Gasteiger charge is 2.27. The molecule has 1 fully saturated rings. The molecule has 126 valence electrons. The van der Waals surface area contributed by atoms with E-state index in [2.05, 4.69) is 53.3 Å². The largest absolute Gasteiger partial charge is 0.339 e. The highest BCUT2D eigenvalue weighted by atomic mass is 16.5. The van der Waals surface area contributed by atoms with Gasteiger partial charge < -0.3 is 9.84 Å². The number of hydrogen-bond donors (Lipinski definition) is 1. The molecule has 0 spiro atoms. The maximum atomic E-state index is 5.54. The second-order valence-corrected chi connectivity index (χ2v) is 6.57. The molecule has 3 heterocycles. The Morgan fingerprint density at radius 3 is 2.78 bits per heavy atom. The Hall–Kier alpha value is -1.73. The molecule has 2 unspecified atom stereocenters. The molecule has 0 amide bonds. The van der Waals surface area contributed by atoms with Gasteiger partial charge in [-0.1, -0.05) is 12.1 Å². The molecule has 7 heteroatoms. The third kappa shape index (κ3) is 3.16. The fourth-order valence-corrected chi connectivity index (χ4v) is 3.18. The van der Waals surface area contributed by atoms with Crippen molar-refractivity contribution < 1.29 is 4.52 Å². The number of nitrogens with one attached hydrogen (secondary N) is 1. The zero-order valence-corrected chi connectivity index (χ0v) is 14.6. The van der Waals surface area contributed by atoms with Crippen molar-refractivity contribution in [3.05, 3.63) is 28.7 Å². The highest BCUT2D eigenvalue weighted by molar-refractivity contribution is 5.26. The van der Waals surface area contributed by atoms with Gasteiger partial charge >= 0.3 is 0 Å². The first-order valence-electron chi connectivity index (χ1n) is 8.21. The fourth-order valence-electron chi connectivity index (χ4n) is 3.18. The Balaban J connectivity index is 1.74. The van der Waals surface area contributed by atoms with Gasteiger partial charge in [-0.2, -0.15) is 10.1 Å². The Morgan fingerprint density at radius 1 is 1.35 bits per heavy atom. The molecule has 2 aromatic rings. The van der Waals surface area contributed by atoms with Gasteiger partial charge in [0.1, 0.15) is 0 Å². The molecule has 3 rings (SSSR count). The van der Waals surface area contributed by atoms with Gasteiger partial charge in [0.05, 0.1) is 11.7 Å².